The summed E-state index contributed by atoms with van der Waals surface area (Å²) in [6.07, 6.45) is 1.58. The third kappa shape index (κ3) is 4.27. The Balaban J connectivity index is 1.78. The van der Waals surface area contributed by atoms with Gasteiger partial charge in [-0.3, -0.25) is 0 Å². The molecule has 110 valence electrons. The van der Waals surface area contributed by atoms with Crippen LogP contribution in [-0.2, 0) is 20.6 Å². The summed E-state index contributed by atoms with van der Waals surface area (Å²) in [4.78, 5) is 11.3. The number of epoxide rings is 1. The van der Waals surface area contributed by atoms with E-state index in [-0.39, 0.29) is 6.61 Å². The van der Waals surface area contributed by atoms with Gasteiger partial charge in [0, 0.05) is 6.42 Å². The maximum Gasteiger partial charge on any atom is 0.510 e. The number of ether oxygens (including phenoxy) is 3. The Hall–Kier alpha value is -0.970. The molecule has 1 aliphatic rings. The largest absolute Gasteiger partial charge is 0.510 e. The molecule has 1 aromatic carbocycles. The predicted molar refractivity (Wildman–Crippen MR) is 76.2 cm³/mol. The Kier molecular flexibility index (Phi) is 5.13. The van der Waals surface area contributed by atoms with Crippen LogP contribution in [0, 0.1) is 0 Å². The van der Waals surface area contributed by atoms with Crippen molar-refractivity contribution < 1.29 is 19.0 Å². The van der Waals surface area contributed by atoms with Crippen LogP contribution in [0.5, 0.6) is 0 Å². The lowest BCUT2D eigenvalue weighted by atomic mass is 10.1. The summed E-state index contributed by atoms with van der Waals surface area (Å²) < 4.78 is 15.1. The monoisotopic (exact) mass is 318 g/mol. The quantitative estimate of drug-likeness (QED) is 0.582. The normalized spacial score (nSPS) is 20.6. The van der Waals surface area contributed by atoms with Crippen molar-refractivity contribution >= 4 is 29.4 Å². The van der Waals surface area contributed by atoms with Crippen LogP contribution in [0.4, 0.5) is 4.79 Å². The molecule has 1 fully saturated rings. The van der Waals surface area contributed by atoms with Gasteiger partial charge < -0.3 is 14.2 Å². The number of carbonyl (C=O) groups excluding carboxylic acids is 1. The standard InChI is InChI=1S/C14H16Cl2O4/c1-2-18-13(17)20-14(9-19-14)7-3-4-10-5-6-11(15)12(16)8-10/h5-6,8H,2-4,7,9H2,1H3. The van der Waals surface area contributed by atoms with Gasteiger partial charge in [-0.15, -0.1) is 0 Å². The van der Waals surface area contributed by atoms with Crippen LogP contribution >= 0.6 is 23.2 Å². The smallest absolute Gasteiger partial charge is 0.435 e. The first-order valence-electron chi connectivity index (χ1n) is 6.48. The van der Waals surface area contributed by atoms with Crippen molar-refractivity contribution in [1.29, 1.82) is 0 Å². The van der Waals surface area contributed by atoms with Crippen molar-refractivity contribution in [2.45, 2.75) is 32.0 Å². The fourth-order valence-corrected chi connectivity index (χ4v) is 2.21. The number of aryl methyl sites for hydroxylation is 1. The molecular weight excluding hydrogens is 303 g/mol. The average molecular weight is 319 g/mol. The summed E-state index contributed by atoms with van der Waals surface area (Å²) in [6.45, 7) is 2.44. The van der Waals surface area contributed by atoms with Crippen molar-refractivity contribution in [3.8, 4) is 0 Å². The Morgan fingerprint density at radius 2 is 2.15 bits per heavy atom. The van der Waals surface area contributed by atoms with E-state index in [1.54, 1.807) is 13.0 Å². The molecule has 1 aliphatic heterocycles. The minimum Gasteiger partial charge on any atom is -0.435 e. The fourth-order valence-electron chi connectivity index (χ4n) is 1.89. The van der Waals surface area contributed by atoms with Gasteiger partial charge in [0.05, 0.1) is 16.7 Å². The summed E-state index contributed by atoms with van der Waals surface area (Å²) in [7, 11) is 0. The van der Waals surface area contributed by atoms with E-state index in [4.69, 9.17) is 37.4 Å². The van der Waals surface area contributed by atoms with Crippen LogP contribution in [-0.4, -0.2) is 25.2 Å². The molecule has 20 heavy (non-hydrogen) atoms. The molecule has 0 aromatic heterocycles. The summed E-state index contributed by atoms with van der Waals surface area (Å²) in [5.74, 6) is -0.789. The molecule has 0 amide bonds. The highest BCUT2D eigenvalue weighted by Crippen LogP contribution is 2.34. The first kappa shape index (κ1) is 15.4. The highest BCUT2D eigenvalue weighted by molar-refractivity contribution is 6.42. The Morgan fingerprint density at radius 1 is 1.40 bits per heavy atom. The molecule has 6 heteroatoms. The van der Waals surface area contributed by atoms with Gasteiger partial charge in [0.25, 0.3) is 0 Å². The zero-order chi connectivity index (χ0) is 14.6. The van der Waals surface area contributed by atoms with E-state index in [0.717, 1.165) is 18.4 Å². The summed E-state index contributed by atoms with van der Waals surface area (Å²) >= 11 is 11.8. The molecule has 0 radical (unpaired) electrons. The zero-order valence-electron chi connectivity index (χ0n) is 11.2. The highest BCUT2D eigenvalue weighted by atomic mass is 35.5. The fraction of sp³-hybridized carbons (Fsp3) is 0.500. The first-order valence-corrected chi connectivity index (χ1v) is 7.24. The number of halogens is 2. The van der Waals surface area contributed by atoms with Gasteiger partial charge in [-0.2, -0.15) is 0 Å². The van der Waals surface area contributed by atoms with E-state index in [9.17, 15) is 4.79 Å². The molecule has 1 unspecified atom stereocenters. The van der Waals surface area contributed by atoms with E-state index >= 15 is 0 Å². The van der Waals surface area contributed by atoms with Gasteiger partial charge in [-0.05, 0) is 37.5 Å². The molecule has 0 spiro atoms. The average Bonchev–Trinajstić information content (AvgIpc) is 3.14. The topological polar surface area (TPSA) is 48.1 Å². The molecule has 1 aromatic rings. The summed E-state index contributed by atoms with van der Waals surface area (Å²) in [5.41, 5.74) is 1.09. The molecule has 0 N–H and O–H groups in total. The minimum absolute atomic E-state index is 0.290. The predicted octanol–water partition coefficient (Wildman–Crippen LogP) is 4.22. The summed E-state index contributed by atoms with van der Waals surface area (Å²) in [5, 5.41) is 1.09. The molecular formula is C14H16Cl2O4. The maximum absolute atomic E-state index is 11.3. The van der Waals surface area contributed by atoms with Gasteiger partial charge in [-0.1, -0.05) is 29.3 Å². The molecule has 4 nitrogen and oxygen atoms in total. The van der Waals surface area contributed by atoms with Gasteiger partial charge in [0.15, 0.2) is 0 Å². The highest BCUT2D eigenvalue weighted by Gasteiger charge is 2.49. The molecule has 0 aliphatic carbocycles. The third-order valence-corrected chi connectivity index (χ3v) is 3.74. The molecule has 1 saturated heterocycles. The second kappa shape index (κ2) is 6.66. The van der Waals surface area contributed by atoms with Crippen LogP contribution in [0.1, 0.15) is 25.3 Å². The van der Waals surface area contributed by atoms with Crippen molar-refractivity contribution in [3.63, 3.8) is 0 Å². The van der Waals surface area contributed by atoms with Gasteiger partial charge in [0.1, 0.15) is 6.61 Å². The van der Waals surface area contributed by atoms with Gasteiger partial charge in [0.2, 0.25) is 5.79 Å². The number of benzene rings is 1. The lowest BCUT2D eigenvalue weighted by Gasteiger charge is -2.12. The van der Waals surface area contributed by atoms with Crippen LogP contribution in [0.2, 0.25) is 10.0 Å². The number of rotatable bonds is 6. The van der Waals surface area contributed by atoms with Crippen molar-refractivity contribution in [1.82, 2.24) is 0 Å². The second-order valence-electron chi connectivity index (χ2n) is 4.59. The molecule has 1 heterocycles. The van der Waals surface area contributed by atoms with Gasteiger partial charge in [-0.25, -0.2) is 4.79 Å². The SMILES string of the molecule is CCOC(=O)OC1(CCCc2ccc(Cl)c(Cl)c2)CO1. The summed E-state index contributed by atoms with van der Waals surface area (Å²) in [6, 6.07) is 5.55. The van der Waals surface area contributed by atoms with E-state index in [0.29, 0.717) is 23.1 Å². The second-order valence-corrected chi connectivity index (χ2v) is 5.40. The number of carbonyl (C=O) groups is 1. The molecule has 0 saturated carbocycles. The lowest BCUT2D eigenvalue weighted by Crippen LogP contribution is -2.22. The number of hydrogen-bond acceptors (Lipinski definition) is 4. The lowest BCUT2D eigenvalue weighted by molar-refractivity contribution is -0.0378. The van der Waals surface area contributed by atoms with E-state index in [2.05, 4.69) is 0 Å². The molecule has 1 atom stereocenters. The zero-order valence-corrected chi connectivity index (χ0v) is 12.7. The van der Waals surface area contributed by atoms with Gasteiger partial charge >= 0.3 is 6.16 Å². The van der Waals surface area contributed by atoms with Crippen LogP contribution in [0.15, 0.2) is 18.2 Å². The van der Waals surface area contributed by atoms with Crippen molar-refractivity contribution in [2.75, 3.05) is 13.2 Å². The van der Waals surface area contributed by atoms with E-state index < -0.39 is 11.9 Å². The molecule has 2 rings (SSSR count). The Morgan fingerprint density at radius 3 is 2.75 bits per heavy atom. The first-order chi connectivity index (χ1) is 9.54. The van der Waals surface area contributed by atoms with Crippen molar-refractivity contribution in [3.05, 3.63) is 33.8 Å². The van der Waals surface area contributed by atoms with Crippen LogP contribution in [0.3, 0.4) is 0 Å². The van der Waals surface area contributed by atoms with E-state index in [1.807, 2.05) is 12.1 Å². The van der Waals surface area contributed by atoms with E-state index in [1.165, 1.54) is 0 Å². The third-order valence-electron chi connectivity index (χ3n) is 3.00. The molecule has 0 bridgehead atoms. The van der Waals surface area contributed by atoms with Crippen LogP contribution < -0.4 is 0 Å². The number of hydrogen-bond donors (Lipinski definition) is 0. The van der Waals surface area contributed by atoms with Crippen molar-refractivity contribution in [2.24, 2.45) is 0 Å². The Bertz CT molecular complexity index is 486. The maximum atomic E-state index is 11.3. The Labute approximate surface area is 127 Å². The minimum atomic E-state index is -0.789. The van der Waals surface area contributed by atoms with Crippen LogP contribution in [0.25, 0.3) is 0 Å².